The van der Waals surface area contributed by atoms with E-state index in [4.69, 9.17) is 14.2 Å². The molecule has 3 aromatic rings. The van der Waals surface area contributed by atoms with Crippen LogP contribution in [0, 0.1) is 0 Å². The number of nitrogens with zero attached hydrogens (tertiary/aromatic N) is 3. The molecular weight excluding hydrogens is 554 g/mol. The lowest BCUT2D eigenvalue weighted by Crippen LogP contribution is -2.48. The Morgan fingerprint density at radius 3 is 1.95 bits per heavy atom. The summed E-state index contributed by atoms with van der Waals surface area (Å²) in [4.78, 5) is 2.21. The molecule has 40 heavy (non-hydrogen) atoms. The molecule has 10 nitrogen and oxygen atoms in total. The standard InChI is InChI=1S/C28H35N3O7S2/c1-29(15-14-22-8-6-5-7-9-22)39(32,33)23-10-12-26(36-2)25(20-23)30-16-18-31(19-17-30)40(34,35)24-11-13-27(37-3)28(21-24)38-4/h5-13,20-21H,14-19H2,1-4H3. The van der Waals surface area contributed by atoms with Crippen LogP contribution in [0.4, 0.5) is 5.69 Å². The van der Waals surface area contributed by atoms with Crippen LogP contribution < -0.4 is 19.1 Å². The fourth-order valence-corrected chi connectivity index (χ4v) is 7.23. The molecule has 1 aliphatic heterocycles. The fraction of sp³-hybridized carbons (Fsp3) is 0.357. The number of rotatable bonds is 11. The van der Waals surface area contributed by atoms with Crippen molar-refractivity contribution in [2.45, 2.75) is 16.2 Å². The van der Waals surface area contributed by atoms with Gasteiger partial charge < -0.3 is 19.1 Å². The molecule has 3 aromatic carbocycles. The van der Waals surface area contributed by atoms with Gasteiger partial charge in [-0.3, -0.25) is 0 Å². The van der Waals surface area contributed by atoms with Crippen LogP contribution in [0.2, 0.25) is 0 Å². The Bertz CT molecular complexity index is 1520. The summed E-state index contributed by atoms with van der Waals surface area (Å²) in [5.41, 5.74) is 1.66. The number of piperazine rings is 1. The predicted molar refractivity (Wildman–Crippen MR) is 153 cm³/mol. The monoisotopic (exact) mass is 589 g/mol. The SMILES string of the molecule is COc1ccc(S(=O)(=O)N2CCN(c3cc(S(=O)(=O)N(C)CCc4ccccc4)ccc3OC)CC2)cc1OC. The van der Waals surface area contributed by atoms with Crippen molar-refractivity contribution in [3.63, 3.8) is 0 Å². The molecule has 0 amide bonds. The van der Waals surface area contributed by atoms with Gasteiger partial charge in [-0.15, -0.1) is 0 Å². The number of likely N-dealkylation sites (N-methyl/N-ethyl adjacent to an activating group) is 1. The van der Waals surface area contributed by atoms with Crippen molar-refractivity contribution < 1.29 is 31.0 Å². The second-order valence-corrected chi connectivity index (χ2v) is 13.3. The normalized spacial score (nSPS) is 14.8. The highest BCUT2D eigenvalue weighted by atomic mass is 32.2. The number of sulfonamides is 2. The molecule has 0 aromatic heterocycles. The van der Waals surface area contributed by atoms with Crippen LogP contribution >= 0.6 is 0 Å². The first-order valence-electron chi connectivity index (χ1n) is 12.8. The van der Waals surface area contributed by atoms with E-state index >= 15 is 0 Å². The maximum absolute atomic E-state index is 13.4. The van der Waals surface area contributed by atoms with Gasteiger partial charge in [0.1, 0.15) is 5.75 Å². The Balaban J connectivity index is 1.50. The number of benzene rings is 3. The van der Waals surface area contributed by atoms with Gasteiger partial charge in [-0.1, -0.05) is 30.3 Å². The highest BCUT2D eigenvalue weighted by Crippen LogP contribution is 2.34. The maximum atomic E-state index is 13.4. The van der Waals surface area contributed by atoms with Gasteiger partial charge in [0.25, 0.3) is 0 Å². The minimum absolute atomic E-state index is 0.114. The van der Waals surface area contributed by atoms with Crippen LogP contribution in [0.15, 0.2) is 76.5 Å². The second-order valence-electron chi connectivity index (χ2n) is 9.30. The van der Waals surface area contributed by atoms with E-state index in [1.165, 1.54) is 48.1 Å². The van der Waals surface area contributed by atoms with E-state index in [0.29, 0.717) is 49.0 Å². The molecule has 1 heterocycles. The quantitative estimate of drug-likeness (QED) is 0.336. The van der Waals surface area contributed by atoms with Crippen LogP contribution in [-0.4, -0.2) is 86.5 Å². The molecule has 0 radical (unpaired) electrons. The van der Waals surface area contributed by atoms with Gasteiger partial charge in [0.2, 0.25) is 20.0 Å². The second kappa shape index (κ2) is 12.5. The minimum Gasteiger partial charge on any atom is -0.495 e. The highest BCUT2D eigenvalue weighted by molar-refractivity contribution is 7.89. The summed E-state index contributed by atoms with van der Waals surface area (Å²) >= 11 is 0. The summed E-state index contributed by atoms with van der Waals surface area (Å²) < 4.78 is 72.2. The van der Waals surface area contributed by atoms with E-state index in [1.807, 2.05) is 35.2 Å². The zero-order chi connectivity index (χ0) is 28.9. The smallest absolute Gasteiger partial charge is 0.243 e. The van der Waals surface area contributed by atoms with Crippen molar-refractivity contribution in [2.75, 3.05) is 66.0 Å². The molecule has 1 fully saturated rings. The highest BCUT2D eigenvalue weighted by Gasteiger charge is 2.31. The third kappa shape index (κ3) is 6.20. The molecule has 0 N–H and O–H groups in total. The average molecular weight is 590 g/mol. The summed E-state index contributed by atoms with van der Waals surface area (Å²) in [5, 5.41) is 0. The molecular formula is C28H35N3O7S2. The number of methoxy groups -OCH3 is 3. The fourth-order valence-electron chi connectivity index (χ4n) is 4.60. The van der Waals surface area contributed by atoms with Crippen molar-refractivity contribution in [3.05, 3.63) is 72.3 Å². The topological polar surface area (TPSA) is 106 Å². The van der Waals surface area contributed by atoms with E-state index in [1.54, 1.807) is 25.2 Å². The van der Waals surface area contributed by atoms with E-state index < -0.39 is 20.0 Å². The molecule has 0 bridgehead atoms. The lowest BCUT2D eigenvalue weighted by Gasteiger charge is -2.36. The lowest BCUT2D eigenvalue weighted by molar-refractivity contribution is 0.352. The Kier molecular flexibility index (Phi) is 9.24. The van der Waals surface area contributed by atoms with Crippen molar-refractivity contribution >= 4 is 25.7 Å². The molecule has 1 aliphatic rings. The molecule has 0 aliphatic carbocycles. The van der Waals surface area contributed by atoms with E-state index in [-0.39, 0.29) is 22.9 Å². The van der Waals surface area contributed by atoms with Gasteiger partial charge in [0.05, 0.1) is 36.8 Å². The van der Waals surface area contributed by atoms with Crippen molar-refractivity contribution in [2.24, 2.45) is 0 Å². The van der Waals surface area contributed by atoms with Gasteiger partial charge in [0, 0.05) is 45.8 Å². The molecule has 12 heteroatoms. The summed E-state index contributed by atoms with van der Waals surface area (Å²) in [6.07, 6.45) is 0.593. The molecule has 0 atom stereocenters. The molecule has 0 saturated carbocycles. The van der Waals surface area contributed by atoms with Gasteiger partial charge in [-0.25, -0.2) is 21.1 Å². The Labute approximate surface area is 236 Å². The van der Waals surface area contributed by atoms with E-state index in [2.05, 4.69) is 0 Å². The van der Waals surface area contributed by atoms with Gasteiger partial charge >= 0.3 is 0 Å². The first-order chi connectivity index (χ1) is 19.1. The molecule has 4 rings (SSSR count). The predicted octanol–water partition coefficient (Wildman–Crippen LogP) is 3.09. The molecule has 1 saturated heterocycles. The van der Waals surface area contributed by atoms with Crippen LogP contribution in [0.1, 0.15) is 5.56 Å². The summed E-state index contributed by atoms with van der Waals surface area (Å²) in [5.74, 6) is 1.29. The van der Waals surface area contributed by atoms with Crippen molar-refractivity contribution in [1.82, 2.24) is 8.61 Å². The maximum Gasteiger partial charge on any atom is 0.243 e. The average Bonchev–Trinajstić information content (AvgIpc) is 2.99. The summed E-state index contributed by atoms with van der Waals surface area (Å²) in [7, 11) is -1.49. The third-order valence-corrected chi connectivity index (χ3v) is 10.7. The van der Waals surface area contributed by atoms with Crippen LogP contribution in [0.25, 0.3) is 0 Å². The zero-order valence-electron chi connectivity index (χ0n) is 23.1. The van der Waals surface area contributed by atoms with Crippen LogP contribution in [-0.2, 0) is 26.5 Å². The van der Waals surface area contributed by atoms with Gasteiger partial charge in [-0.05, 0) is 42.3 Å². The van der Waals surface area contributed by atoms with Crippen LogP contribution in [0.5, 0.6) is 17.2 Å². The Morgan fingerprint density at radius 2 is 1.32 bits per heavy atom. The summed E-state index contributed by atoms with van der Waals surface area (Å²) in [6, 6.07) is 19.0. The lowest BCUT2D eigenvalue weighted by atomic mass is 10.2. The first kappa shape index (κ1) is 29.7. The molecule has 0 spiro atoms. The Morgan fingerprint density at radius 1 is 0.725 bits per heavy atom. The van der Waals surface area contributed by atoms with Crippen LogP contribution in [0.3, 0.4) is 0 Å². The minimum atomic E-state index is -3.78. The number of hydrogen-bond donors (Lipinski definition) is 0. The van der Waals surface area contributed by atoms with Crippen molar-refractivity contribution in [1.29, 1.82) is 0 Å². The Hall–Kier alpha value is -3.32. The number of anilines is 1. The first-order valence-corrected chi connectivity index (χ1v) is 15.6. The zero-order valence-corrected chi connectivity index (χ0v) is 24.7. The number of ether oxygens (including phenoxy) is 3. The molecule has 0 unspecified atom stereocenters. The summed E-state index contributed by atoms with van der Waals surface area (Å²) in [6.45, 7) is 1.48. The van der Waals surface area contributed by atoms with Gasteiger partial charge in [0.15, 0.2) is 11.5 Å². The largest absolute Gasteiger partial charge is 0.495 e. The van der Waals surface area contributed by atoms with Gasteiger partial charge in [-0.2, -0.15) is 4.31 Å². The van der Waals surface area contributed by atoms with E-state index in [0.717, 1.165) is 5.56 Å². The van der Waals surface area contributed by atoms with Crippen molar-refractivity contribution in [3.8, 4) is 17.2 Å². The third-order valence-electron chi connectivity index (χ3n) is 6.99. The van der Waals surface area contributed by atoms with E-state index in [9.17, 15) is 16.8 Å². The number of hydrogen-bond acceptors (Lipinski definition) is 8. The molecule has 216 valence electrons.